The van der Waals surface area contributed by atoms with Crippen LogP contribution in [0.4, 0.5) is 0 Å². The van der Waals surface area contributed by atoms with Gasteiger partial charge in [0.1, 0.15) is 5.75 Å². The first-order chi connectivity index (χ1) is 7.67. The Morgan fingerprint density at radius 1 is 1.38 bits per heavy atom. The highest BCUT2D eigenvalue weighted by atomic mass is 16.5. The lowest BCUT2D eigenvalue weighted by molar-refractivity contribution is 0.208. The van der Waals surface area contributed by atoms with E-state index in [2.05, 4.69) is 39.0 Å². The van der Waals surface area contributed by atoms with Gasteiger partial charge in [-0.3, -0.25) is 0 Å². The highest BCUT2D eigenvalue weighted by molar-refractivity contribution is 5.37. The molecule has 0 aromatic heterocycles. The number of hydrogen-bond donors (Lipinski definition) is 1. The zero-order valence-corrected chi connectivity index (χ0v) is 10.6. The summed E-state index contributed by atoms with van der Waals surface area (Å²) in [5.41, 5.74) is 8.10. The minimum Gasteiger partial charge on any atom is -0.490 e. The molecule has 1 unspecified atom stereocenters. The summed E-state index contributed by atoms with van der Waals surface area (Å²) in [5, 5.41) is 0. The van der Waals surface area contributed by atoms with Crippen molar-refractivity contribution >= 4 is 0 Å². The number of hydrogen-bond acceptors (Lipinski definition) is 2. The largest absolute Gasteiger partial charge is 0.490 e. The van der Waals surface area contributed by atoms with Crippen LogP contribution in [0.2, 0.25) is 0 Å². The molecule has 0 amide bonds. The van der Waals surface area contributed by atoms with Crippen LogP contribution in [-0.4, -0.2) is 12.6 Å². The number of ether oxygens (including phenoxy) is 1. The predicted molar refractivity (Wildman–Crippen MR) is 68.9 cm³/mol. The maximum absolute atomic E-state index is 5.94. The zero-order chi connectivity index (χ0) is 12.0. The van der Waals surface area contributed by atoms with Crippen LogP contribution in [0.5, 0.6) is 5.75 Å². The minimum absolute atomic E-state index is 0.282. The summed E-state index contributed by atoms with van der Waals surface area (Å²) in [6.45, 7) is 7.06. The summed E-state index contributed by atoms with van der Waals surface area (Å²) in [4.78, 5) is 0. The molecule has 0 saturated carbocycles. The van der Waals surface area contributed by atoms with Gasteiger partial charge in [0.15, 0.2) is 0 Å². The molecule has 0 spiro atoms. The Hall–Kier alpha value is -1.02. The molecule has 0 heterocycles. The first-order valence-corrected chi connectivity index (χ1v) is 6.13. The fourth-order valence-corrected chi connectivity index (χ4v) is 1.86. The van der Waals surface area contributed by atoms with Crippen LogP contribution in [0.1, 0.15) is 37.8 Å². The van der Waals surface area contributed by atoms with Crippen LogP contribution >= 0.6 is 0 Å². The van der Waals surface area contributed by atoms with Crippen LogP contribution in [0.15, 0.2) is 18.2 Å². The van der Waals surface area contributed by atoms with Gasteiger partial charge in [-0.05, 0) is 44.9 Å². The van der Waals surface area contributed by atoms with Crippen LogP contribution in [0.3, 0.4) is 0 Å². The summed E-state index contributed by atoms with van der Waals surface area (Å²) in [7, 11) is 0. The second-order valence-electron chi connectivity index (χ2n) is 4.37. The molecular weight excluding hydrogens is 198 g/mol. The molecular formula is C14H23NO. The van der Waals surface area contributed by atoms with Crippen molar-refractivity contribution in [1.82, 2.24) is 0 Å². The molecule has 0 aliphatic carbocycles. The maximum atomic E-state index is 5.94. The number of benzene rings is 1. The Morgan fingerprint density at radius 3 is 2.75 bits per heavy atom. The number of aryl methyl sites for hydroxylation is 1. The third-order valence-corrected chi connectivity index (χ3v) is 2.65. The van der Waals surface area contributed by atoms with Gasteiger partial charge in [0.2, 0.25) is 0 Å². The first-order valence-electron chi connectivity index (χ1n) is 6.13. The molecule has 2 heteroatoms. The van der Waals surface area contributed by atoms with Crippen LogP contribution in [-0.2, 0) is 6.42 Å². The van der Waals surface area contributed by atoms with Gasteiger partial charge < -0.3 is 10.5 Å². The molecule has 0 radical (unpaired) electrons. The molecule has 2 N–H and O–H groups in total. The minimum atomic E-state index is 0.282. The van der Waals surface area contributed by atoms with E-state index < -0.39 is 0 Å². The molecule has 0 saturated heterocycles. The fraction of sp³-hybridized carbons (Fsp3) is 0.571. The molecule has 1 aromatic rings. The highest BCUT2D eigenvalue weighted by Gasteiger charge is 2.07. The predicted octanol–water partition coefficient (Wildman–Crippen LogP) is 3.06. The van der Waals surface area contributed by atoms with Gasteiger partial charge >= 0.3 is 0 Å². The van der Waals surface area contributed by atoms with Gasteiger partial charge in [-0.25, -0.2) is 0 Å². The SMILES string of the molecule is CCCC(C)Oc1ccc(C)cc1CCN. The molecule has 2 nitrogen and oxygen atoms in total. The second-order valence-corrected chi connectivity index (χ2v) is 4.37. The Balaban J connectivity index is 2.77. The second kappa shape index (κ2) is 6.54. The molecule has 0 aliphatic rings. The zero-order valence-electron chi connectivity index (χ0n) is 10.6. The van der Waals surface area contributed by atoms with Crippen LogP contribution < -0.4 is 10.5 Å². The average molecular weight is 221 g/mol. The van der Waals surface area contributed by atoms with Gasteiger partial charge in [0.05, 0.1) is 6.10 Å². The summed E-state index contributed by atoms with van der Waals surface area (Å²) in [6, 6.07) is 6.32. The highest BCUT2D eigenvalue weighted by Crippen LogP contribution is 2.22. The van der Waals surface area contributed by atoms with Crippen molar-refractivity contribution in [2.24, 2.45) is 5.73 Å². The molecule has 1 aromatic carbocycles. The van der Waals surface area contributed by atoms with Crippen molar-refractivity contribution in [3.8, 4) is 5.75 Å². The smallest absolute Gasteiger partial charge is 0.122 e. The monoisotopic (exact) mass is 221 g/mol. The average Bonchev–Trinajstić information content (AvgIpc) is 2.23. The van der Waals surface area contributed by atoms with E-state index in [0.29, 0.717) is 6.54 Å². The molecule has 1 rings (SSSR count). The molecule has 16 heavy (non-hydrogen) atoms. The van der Waals surface area contributed by atoms with E-state index in [-0.39, 0.29) is 6.10 Å². The van der Waals surface area contributed by atoms with Gasteiger partial charge in [-0.1, -0.05) is 31.0 Å². The third-order valence-electron chi connectivity index (χ3n) is 2.65. The molecule has 0 bridgehead atoms. The van der Waals surface area contributed by atoms with Gasteiger partial charge in [0, 0.05) is 0 Å². The third kappa shape index (κ3) is 3.86. The van der Waals surface area contributed by atoms with E-state index in [4.69, 9.17) is 10.5 Å². The first kappa shape index (κ1) is 13.0. The van der Waals surface area contributed by atoms with Gasteiger partial charge in [0.25, 0.3) is 0 Å². The fourth-order valence-electron chi connectivity index (χ4n) is 1.86. The van der Waals surface area contributed by atoms with Crippen molar-refractivity contribution in [2.75, 3.05) is 6.54 Å². The Kier molecular flexibility index (Phi) is 5.33. The normalized spacial score (nSPS) is 12.5. The summed E-state index contributed by atoms with van der Waals surface area (Å²) >= 11 is 0. The lowest BCUT2D eigenvalue weighted by atomic mass is 10.1. The molecule has 0 fully saturated rings. The quantitative estimate of drug-likeness (QED) is 0.801. The van der Waals surface area contributed by atoms with E-state index in [1.807, 2.05) is 0 Å². The van der Waals surface area contributed by atoms with E-state index in [9.17, 15) is 0 Å². The van der Waals surface area contributed by atoms with E-state index in [0.717, 1.165) is 25.0 Å². The van der Waals surface area contributed by atoms with Crippen molar-refractivity contribution in [3.05, 3.63) is 29.3 Å². The summed E-state index contributed by atoms with van der Waals surface area (Å²) < 4.78 is 5.94. The molecule has 90 valence electrons. The Bertz CT molecular complexity index is 323. The van der Waals surface area contributed by atoms with Gasteiger partial charge in [-0.15, -0.1) is 0 Å². The van der Waals surface area contributed by atoms with Crippen LogP contribution in [0.25, 0.3) is 0 Å². The van der Waals surface area contributed by atoms with E-state index >= 15 is 0 Å². The summed E-state index contributed by atoms with van der Waals surface area (Å²) in [5.74, 6) is 0.997. The number of nitrogens with two attached hydrogens (primary N) is 1. The lowest BCUT2D eigenvalue weighted by Crippen LogP contribution is -2.13. The summed E-state index contributed by atoms with van der Waals surface area (Å²) in [6.07, 6.45) is 3.41. The van der Waals surface area contributed by atoms with Crippen molar-refractivity contribution in [3.63, 3.8) is 0 Å². The standard InChI is InChI=1S/C14H23NO/c1-4-5-12(3)16-14-7-6-11(2)10-13(14)8-9-15/h6-7,10,12H,4-5,8-9,15H2,1-3H3. The van der Waals surface area contributed by atoms with Crippen LogP contribution in [0, 0.1) is 6.92 Å². The van der Waals surface area contributed by atoms with Crippen molar-refractivity contribution in [1.29, 1.82) is 0 Å². The Labute approximate surface area is 98.8 Å². The van der Waals surface area contributed by atoms with Crippen molar-refractivity contribution < 1.29 is 4.74 Å². The van der Waals surface area contributed by atoms with Gasteiger partial charge in [-0.2, -0.15) is 0 Å². The van der Waals surface area contributed by atoms with E-state index in [1.165, 1.54) is 11.1 Å². The Morgan fingerprint density at radius 2 is 2.12 bits per heavy atom. The topological polar surface area (TPSA) is 35.2 Å². The maximum Gasteiger partial charge on any atom is 0.122 e. The lowest BCUT2D eigenvalue weighted by Gasteiger charge is -2.17. The van der Waals surface area contributed by atoms with Crippen molar-refractivity contribution in [2.45, 2.75) is 46.1 Å². The molecule has 0 aliphatic heterocycles. The number of rotatable bonds is 6. The molecule has 1 atom stereocenters. The van der Waals surface area contributed by atoms with E-state index in [1.54, 1.807) is 0 Å².